The Hall–Kier alpha value is -5.10. The number of benzene rings is 3. The second kappa shape index (κ2) is 13.0. The van der Waals surface area contributed by atoms with Gasteiger partial charge in [0.2, 0.25) is 16.9 Å². The summed E-state index contributed by atoms with van der Waals surface area (Å²) >= 11 is 1.22. The Morgan fingerprint density at radius 2 is 1.71 bits per heavy atom. The van der Waals surface area contributed by atoms with Gasteiger partial charge in [0.25, 0.3) is 11.8 Å². The van der Waals surface area contributed by atoms with E-state index in [0.29, 0.717) is 52.2 Å². The number of carbonyl (C=O) groups excluding carboxylic acids is 4. The summed E-state index contributed by atoms with van der Waals surface area (Å²) in [4.78, 5) is 51.9. The highest BCUT2D eigenvalue weighted by molar-refractivity contribution is 7.15. The van der Waals surface area contributed by atoms with Crippen molar-refractivity contribution in [2.24, 2.45) is 5.92 Å². The Morgan fingerprint density at radius 3 is 2.48 bits per heavy atom. The summed E-state index contributed by atoms with van der Waals surface area (Å²) in [6, 6.07) is 22.6. The molecule has 0 radical (unpaired) electrons. The summed E-state index contributed by atoms with van der Waals surface area (Å²) < 4.78 is 5.15. The van der Waals surface area contributed by atoms with Gasteiger partial charge in [0.1, 0.15) is 10.8 Å². The molecular formula is C30H28N6O5S. The summed E-state index contributed by atoms with van der Waals surface area (Å²) in [6.07, 6.45) is 0.590. The molecule has 3 N–H and O–H groups in total. The van der Waals surface area contributed by atoms with Crippen LogP contribution < -0.4 is 25.6 Å². The van der Waals surface area contributed by atoms with Gasteiger partial charge in [-0.25, -0.2) is 0 Å². The van der Waals surface area contributed by atoms with Crippen LogP contribution in [0.2, 0.25) is 0 Å². The monoisotopic (exact) mass is 584 g/mol. The smallest absolute Gasteiger partial charge is 0.257 e. The molecule has 0 saturated carbocycles. The first-order chi connectivity index (χ1) is 20.4. The van der Waals surface area contributed by atoms with Gasteiger partial charge in [0, 0.05) is 48.4 Å². The van der Waals surface area contributed by atoms with Crippen molar-refractivity contribution in [3.63, 3.8) is 0 Å². The van der Waals surface area contributed by atoms with E-state index < -0.39 is 5.92 Å². The molecule has 4 aromatic rings. The topological polar surface area (TPSA) is 143 Å². The highest BCUT2D eigenvalue weighted by Crippen LogP contribution is 2.26. The van der Waals surface area contributed by atoms with E-state index in [1.807, 2.05) is 30.3 Å². The van der Waals surface area contributed by atoms with Crippen molar-refractivity contribution in [1.29, 1.82) is 0 Å². The molecule has 1 aliphatic rings. The van der Waals surface area contributed by atoms with Crippen LogP contribution in [-0.4, -0.2) is 54.0 Å². The lowest BCUT2D eigenvalue weighted by molar-refractivity contribution is -0.122. The van der Waals surface area contributed by atoms with Crippen molar-refractivity contribution in [1.82, 2.24) is 15.5 Å². The molecule has 12 heteroatoms. The quantitative estimate of drug-likeness (QED) is 0.258. The Bertz CT molecular complexity index is 1590. The predicted molar refractivity (Wildman–Crippen MR) is 159 cm³/mol. The van der Waals surface area contributed by atoms with E-state index in [2.05, 4.69) is 26.1 Å². The number of amides is 4. The zero-order chi connectivity index (χ0) is 29.5. The number of hydrogen-bond acceptors (Lipinski definition) is 8. The van der Waals surface area contributed by atoms with E-state index in [9.17, 15) is 19.2 Å². The standard InChI is InChI=1S/C30H28N6O5S/c1-41-24-9-5-6-20(16-24)27(38)31-15-14-25-34-35-30(42-25)33-28(39)19-10-12-22(13-11-19)32-29(40)21-17-26(37)36(18-21)23-7-3-2-4-8-23/h2-13,16,21H,14-15,17-18H2,1H3,(H,31,38)(H,32,40)(H,33,35,39). The minimum atomic E-state index is -0.470. The third-order valence-electron chi connectivity index (χ3n) is 6.62. The molecule has 214 valence electrons. The Balaban J connectivity index is 1.08. The first-order valence-electron chi connectivity index (χ1n) is 13.2. The Labute approximate surface area is 245 Å². The maximum atomic E-state index is 12.8. The van der Waals surface area contributed by atoms with Crippen LogP contribution in [0.1, 0.15) is 32.1 Å². The van der Waals surface area contributed by atoms with Crippen LogP contribution in [0.15, 0.2) is 78.9 Å². The van der Waals surface area contributed by atoms with Gasteiger partial charge in [-0.3, -0.25) is 24.5 Å². The average Bonchev–Trinajstić information content (AvgIpc) is 3.64. The fourth-order valence-electron chi connectivity index (χ4n) is 4.41. The van der Waals surface area contributed by atoms with Crippen molar-refractivity contribution in [2.75, 3.05) is 35.7 Å². The lowest BCUT2D eigenvalue weighted by atomic mass is 10.1. The second-order valence-corrected chi connectivity index (χ2v) is 10.6. The number of aromatic nitrogens is 2. The van der Waals surface area contributed by atoms with Gasteiger partial charge in [-0.05, 0) is 54.6 Å². The minimum absolute atomic E-state index is 0.0915. The first kappa shape index (κ1) is 28.4. The number of hydrogen-bond donors (Lipinski definition) is 3. The molecule has 0 bridgehead atoms. The van der Waals surface area contributed by atoms with Crippen molar-refractivity contribution in [2.45, 2.75) is 12.8 Å². The molecule has 1 aliphatic heterocycles. The van der Waals surface area contributed by atoms with Crippen molar-refractivity contribution < 1.29 is 23.9 Å². The summed E-state index contributed by atoms with van der Waals surface area (Å²) in [5, 5.41) is 17.5. The zero-order valence-electron chi connectivity index (χ0n) is 22.7. The number of anilines is 3. The third-order valence-corrected chi connectivity index (χ3v) is 7.52. The third kappa shape index (κ3) is 6.96. The fourth-order valence-corrected chi connectivity index (χ4v) is 5.15. The maximum absolute atomic E-state index is 12.8. The molecule has 1 saturated heterocycles. The molecule has 11 nitrogen and oxygen atoms in total. The lowest BCUT2D eigenvalue weighted by Gasteiger charge is -2.16. The minimum Gasteiger partial charge on any atom is -0.497 e. The highest BCUT2D eigenvalue weighted by atomic mass is 32.1. The molecule has 1 atom stereocenters. The van der Waals surface area contributed by atoms with Crippen LogP contribution in [0, 0.1) is 5.92 Å². The van der Waals surface area contributed by atoms with Gasteiger partial charge >= 0.3 is 0 Å². The van der Waals surface area contributed by atoms with Gasteiger partial charge in [0.15, 0.2) is 0 Å². The van der Waals surface area contributed by atoms with E-state index in [4.69, 9.17) is 4.74 Å². The van der Waals surface area contributed by atoms with Gasteiger partial charge in [-0.1, -0.05) is 35.6 Å². The number of ether oxygens (including phenoxy) is 1. The maximum Gasteiger partial charge on any atom is 0.257 e. The van der Waals surface area contributed by atoms with Crippen LogP contribution in [0.3, 0.4) is 0 Å². The molecular weight excluding hydrogens is 556 g/mol. The van der Waals surface area contributed by atoms with E-state index in [-0.39, 0.29) is 30.0 Å². The largest absolute Gasteiger partial charge is 0.497 e. The van der Waals surface area contributed by atoms with E-state index in [0.717, 1.165) is 5.69 Å². The number of para-hydroxylation sites is 1. The van der Waals surface area contributed by atoms with Gasteiger partial charge in [0.05, 0.1) is 13.0 Å². The number of nitrogens with zero attached hydrogens (tertiary/aromatic N) is 3. The normalized spacial score (nSPS) is 14.4. The van der Waals surface area contributed by atoms with E-state index >= 15 is 0 Å². The Kier molecular flexibility index (Phi) is 8.83. The molecule has 0 aliphatic carbocycles. The molecule has 1 unspecified atom stereocenters. The Morgan fingerprint density at radius 1 is 0.929 bits per heavy atom. The molecule has 4 amide bonds. The van der Waals surface area contributed by atoms with Crippen molar-refractivity contribution >= 4 is 51.5 Å². The van der Waals surface area contributed by atoms with E-state index in [1.54, 1.807) is 60.5 Å². The molecule has 1 fully saturated rings. The average molecular weight is 585 g/mol. The first-order valence-corrected chi connectivity index (χ1v) is 14.0. The van der Waals surface area contributed by atoms with Crippen LogP contribution in [0.5, 0.6) is 5.75 Å². The van der Waals surface area contributed by atoms with Crippen LogP contribution in [-0.2, 0) is 16.0 Å². The van der Waals surface area contributed by atoms with Crippen LogP contribution in [0.4, 0.5) is 16.5 Å². The molecule has 1 aromatic heterocycles. The zero-order valence-corrected chi connectivity index (χ0v) is 23.5. The van der Waals surface area contributed by atoms with Crippen molar-refractivity contribution in [3.05, 3.63) is 95.0 Å². The summed E-state index contributed by atoms with van der Waals surface area (Å²) in [5.74, 6) is -0.808. The molecule has 42 heavy (non-hydrogen) atoms. The number of nitrogens with one attached hydrogen (secondary N) is 3. The van der Waals surface area contributed by atoms with E-state index in [1.165, 1.54) is 11.3 Å². The number of rotatable bonds is 10. The summed E-state index contributed by atoms with van der Waals surface area (Å²) in [5.41, 5.74) is 2.17. The van der Waals surface area contributed by atoms with Gasteiger partial charge < -0.3 is 20.3 Å². The molecule has 5 rings (SSSR count). The van der Waals surface area contributed by atoms with Crippen LogP contribution in [0.25, 0.3) is 0 Å². The van der Waals surface area contributed by atoms with Crippen molar-refractivity contribution in [3.8, 4) is 5.75 Å². The SMILES string of the molecule is COc1cccc(C(=O)NCCc2nnc(NC(=O)c3ccc(NC(=O)C4CC(=O)N(c5ccccc5)C4)cc3)s2)c1. The molecule has 0 spiro atoms. The summed E-state index contributed by atoms with van der Waals surface area (Å²) in [7, 11) is 1.54. The van der Waals surface area contributed by atoms with Gasteiger partial charge in [-0.15, -0.1) is 10.2 Å². The highest BCUT2D eigenvalue weighted by Gasteiger charge is 2.35. The summed E-state index contributed by atoms with van der Waals surface area (Å²) in [6.45, 7) is 0.665. The second-order valence-electron chi connectivity index (χ2n) is 9.50. The van der Waals surface area contributed by atoms with Crippen LogP contribution >= 0.6 is 11.3 Å². The molecule has 2 heterocycles. The fraction of sp³-hybridized carbons (Fsp3) is 0.200. The molecule has 3 aromatic carbocycles. The predicted octanol–water partition coefficient (Wildman–Crippen LogP) is 3.76. The number of carbonyl (C=O) groups is 4. The lowest BCUT2D eigenvalue weighted by Crippen LogP contribution is -2.28. The van der Waals surface area contributed by atoms with Gasteiger partial charge in [-0.2, -0.15) is 0 Å². The number of methoxy groups -OCH3 is 1.